The molecule has 1 saturated heterocycles. The molecule has 4 aliphatic heterocycles. The SMILES string of the molecule is NC1CN(c2ccc3c(c2)Oc2cc4c(cc2C32OC(=O)c3ccccc32)CCC(=O)O4)C1=O. The largest absolute Gasteiger partial charge is 0.456 e. The lowest BCUT2D eigenvalue weighted by molar-refractivity contribution is -0.135. The molecule has 7 rings (SSSR count). The number of esters is 2. The number of nitrogens with zero attached hydrogens (tertiary/aromatic N) is 1. The van der Waals surface area contributed by atoms with Crippen molar-refractivity contribution in [3.63, 3.8) is 0 Å². The van der Waals surface area contributed by atoms with E-state index in [0.29, 0.717) is 58.2 Å². The van der Waals surface area contributed by atoms with Gasteiger partial charge in [0.15, 0.2) is 5.60 Å². The van der Waals surface area contributed by atoms with Gasteiger partial charge in [0.1, 0.15) is 23.3 Å². The van der Waals surface area contributed by atoms with Gasteiger partial charge in [-0.1, -0.05) is 18.2 Å². The predicted molar refractivity (Wildman–Crippen MR) is 119 cm³/mol. The van der Waals surface area contributed by atoms with Crippen molar-refractivity contribution in [2.24, 2.45) is 5.73 Å². The van der Waals surface area contributed by atoms with E-state index in [1.165, 1.54) is 0 Å². The van der Waals surface area contributed by atoms with Crippen molar-refractivity contribution in [3.05, 3.63) is 82.4 Å². The Kier molecular flexibility index (Phi) is 3.66. The van der Waals surface area contributed by atoms with E-state index in [1.807, 2.05) is 30.3 Å². The highest BCUT2D eigenvalue weighted by Gasteiger charge is 2.54. The fourth-order valence-electron chi connectivity index (χ4n) is 5.29. The number of carbonyl (C=O) groups is 3. The lowest BCUT2D eigenvalue weighted by Gasteiger charge is -2.39. The first-order chi connectivity index (χ1) is 16.5. The average Bonchev–Trinajstić information content (AvgIpc) is 3.14. The minimum Gasteiger partial charge on any atom is -0.456 e. The zero-order valence-electron chi connectivity index (χ0n) is 17.9. The van der Waals surface area contributed by atoms with E-state index >= 15 is 0 Å². The van der Waals surface area contributed by atoms with E-state index < -0.39 is 17.6 Å². The number of carbonyl (C=O) groups excluding carboxylic acids is 3. The van der Waals surface area contributed by atoms with E-state index in [4.69, 9.17) is 19.9 Å². The van der Waals surface area contributed by atoms with Gasteiger partial charge in [-0.05, 0) is 36.2 Å². The minimum absolute atomic E-state index is 0.163. The maximum Gasteiger partial charge on any atom is 0.340 e. The Balaban J connectivity index is 1.47. The Labute approximate surface area is 193 Å². The lowest BCUT2D eigenvalue weighted by Crippen LogP contribution is -2.61. The Morgan fingerprint density at radius 3 is 2.50 bits per heavy atom. The lowest BCUT2D eigenvalue weighted by atomic mass is 9.76. The molecule has 2 unspecified atom stereocenters. The number of amides is 1. The van der Waals surface area contributed by atoms with Crippen molar-refractivity contribution in [2.75, 3.05) is 11.4 Å². The first-order valence-electron chi connectivity index (χ1n) is 11.1. The number of benzene rings is 3. The third kappa shape index (κ3) is 2.38. The summed E-state index contributed by atoms with van der Waals surface area (Å²) < 4.78 is 17.9. The molecule has 0 aromatic heterocycles. The molecule has 4 aliphatic rings. The molecule has 1 spiro atoms. The second-order valence-corrected chi connectivity index (χ2v) is 8.88. The highest BCUT2D eigenvalue weighted by molar-refractivity contribution is 6.04. The van der Waals surface area contributed by atoms with Crippen LogP contribution < -0.4 is 20.1 Å². The van der Waals surface area contributed by atoms with Gasteiger partial charge in [0.05, 0.1) is 18.5 Å². The summed E-state index contributed by atoms with van der Waals surface area (Å²) in [6.45, 7) is 0.417. The summed E-state index contributed by atoms with van der Waals surface area (Å²) in [5, 5.41) is 0. The van der Waals surface area contributed by atoms with Gasteiger partial charge in [-0.2, -0.15) is 0 Å². The van der Waals surface area contributed by atoms with Crippen molar-refractivity contribution < 1.29 is 28.6 Å². The normalized spacial score (nSPS) is 23.7. The quantitative estimate of drug-likeness (QED) is 0.342. The fourth-order valence-corrected chi connectivity index (χ4v) is 5.29. The molecular weight excluding hydrogens is 436 g/mol. The van der Waals surface area contributed by atoms with Gasteiger partial charge < -0.3 is 24.8 Å². The first-order valence-corrected chi connectivity index (χ1v) is 11.1. The first kappa shape index (κ1) is 19.3. The second kappa shape index (κ2) is 6.45. The van der Waals surface area contributed by atoms with Crippen LogP contribution in [0, 0.1) is 0 Å². The van der Waals surface area contributed by atoms with Crippen LogP contribution in [-0.4, -0.2) is 30.4 Å². The number of hydrogen-bond donors (Lipinski definition) is 1. The fraction of sp³-hybridized carbons (Fsp3) is 0.192. The molecule has 3 aromatic rings. The molecule has 3 aromatic carbocycles. The number of rotatable bonds is 1. The second-order valence-electron chi connectivity index (χ2n) is 8.88. The Morgan fingerprint density at radius 1 is 0.853 bits per heavy atom. The summed E-state index contributed by atoms with van der Waals surface area (Å²) in [6, 6.07) is 15.8. The monoisotopic (exact) mass is 454 g/mol. The van der Waals surface area contributed by atoms with Crippen LogP contribution >= 0.6 is 0 Å². The smallest absolute Gasteiger partial charge is 0.340 e. The zero-order valence-corrected chi connectivity index (χ0v) is 17.9. The molecule has 34 heavy (non-hydrogen) atoms. The number of hydrogen-bond acceptors (Lipinski definition) is 7. The molecule has 1 amide bonds. The van der Waals surface area contributed by atoms with E-state index in [1.54, 1.807) is 29.2 Å². The van der Waals surface area contributed by atoms with Crippen LogP contribution in [-0.2, 0) is 26.3 Å². The van der Waals surface area contributed by atoms with Gasteiger partial charge in [0, 0.05) is 34.5 Å². The van der Waals surface area contributed by atoms with Crippen LogP contribution in [0.1, 0.15) is 39.0 Å². The summed E-state index contributed by atoms with van der Waals surface area (Å²) in [5.41, 5.74) is 8.57. The van der Waals surface area contributed by atoms with Crippen LogP contribution in [0.15, 0.2) is 54.6 Å². The van der Waals surface area contributed by atoms with Crippen molar-refractivity contribution in [2.45, 2.75) is 24.5 Å². The van der Waals surface area contributed by atoms with E-state index in [0.717, 1.165) is 5.56 Å². The summed E-state index contributed by atoms with van der Waals surface area (Å²) in [6.07, 6.45) is 0.804. The van der Waals surface area contributed by atoms with E-state index in [9.17, 15) is 14.4 Å². The summed E-state index contributed by atoms with van der Waals surface area (Å²) >= 11 is 0. The molecule has 1 fully saturated rings. The van der Waals surface area contributed by atoms with Crippen LogP contribution in [0.4, 0.5) is 5.69 Å². The maximum absolute atomic E-state index is 13.0. The van der Waals surface area contributed by atoms with Crippen LogP contribution in [0.2, 0.25) is 0 Å². The Morgan fingerprint density at radius 2 is 1.68 bits per heavy atom. The van der Waals surface area contributed by atoms with E-state index in [-0.39, 0.29) is 18.3 Å². The van der Waals surface area contributed by atoms with Crippen molar-refractivity contribution in [3.8, 4) is 17.2 Å². The molecule has 0 aliphatic carbocycles. The zero-order chi connectivity index (χ0) is 23.2. The van der Waals surface area contributed by atoms with Gasteiger partial charge >= 0.3 is 11.9 Å². The average molecular weight is 454 g/mol. The van der Waals surface area contributed by atoms with Gasteiger partial charge in [0.2, 0.25) is 5.91 Å². The van der Waals surface area contributed by atoms with Gasteiger partial charge in [-0.3, -0.25) is 9.59 Å². The Bertz CT molecular complexity index is 1460. The van der Waals surface area contributed by atoms with Crippen LogP contribution in [0.3, 0.4) is 0 Å². The predicted octanol–water partition coefficient (Wildman–Crippen LogP) is 2.78. The molecule has 0 radical (unpaired) electrons. The van der Waals surface area contributed by atoms with Crippen molar-refractivity contribution in [1.29, 1.82) is 0 Å². The number of fused-ring (bicyclic) bond motifs is 7. The Hall–Kier alpha value is -4.17. The van der Waals surface area contributed by atoms with Crippen LogP contribution in [0.25, 0.3) is 0 Å². The number of nitrogens with two attached hydrogens (primary N) is 1. The molecule has 8 nitrogen and oxygen atoms in total. The maximum atomic E-state index is 13.0. The number of aryl methyl sites for hydroxylation is 1. The van der Waals surface area contributed by atoms with Gasteiger partial charge in [0.25, 0.3) is 0 Å². The number of anilines is 1. The van der Waals surface area contributed by atoms with E-state index in [2.05, 4.69) is 0 Å². The van der Waals surface area contributed by atoms with Crippen LogP contribution in [0.5, 0.6) is 17.2 Å². The van der Waals surface area contributed by atoms with Crippen molar-refractivity contribution >= 4 is 23.5 Å². The highest BCUT2D eigenvalue weighted by atomic mass is 16.6. The molecule has 4 heterocycles. The molecule has 8 heteroatoms. The molecule has 0 bridgehead atoms. The molecule has 2 N–H and O–H groups in total. The van der Waals surface area contributed by atoms with Gasteiger partial charge in [-0.15, -0.1) is 0 Å². The molecule has 2 atom stereocenters. The number of ether oxygens (including phenoxy) is 3. The topological polar surface area (TPSA) is 108 Å². The van der Waals surface area contributed by atoms with Gasteiger partial charge in [-0.25, -0.2) is 4.79 Å². The third-order valence-electron chi connectivity index (χ3n) is 6.97. The van der Waals surface area contributed by atoms with Crippen molar-refractivity contribution in [1.82, 2.24) is 0 Å². The molecule has 0 saturated carbocycles. The minimum atomic E-state index is -1.22. The molecule has 168 valence electrons. The summed E-state index contributed by atoms with van der Waals surface area (Å²) in [4.78, 5) is 38.7. The highest BCUT2D eigenvalue weighted by Crippen LogP contribution is 2.57. The summed E-state index contributed by atoms with van der Waals surface area (Å²) in [5.74, 6) is 0.423. The summed E-state index contributed by atoms with van der Waals surface area (Å²) in [7, 11) is 0. The molecular formula is C26H18N2O6. The number of β-lactam (4-membered cyclic amide) rings is 1. The standard InChI is InChI=1S/C26H18N2O6/c27-19-12-28(24(19)30)14-6-7-17-21(10-14)32-22-11-20-13(5-8-23(29)33-20)9-18(22)26(17)16-4-2-1-3-15(16)25(31)34-26/h1-4,6-7,9-11,19H,5,8,12,27H2. The third-order valence-corrected chi connectivity index (χ3v) is 6.97.